The Morgan fingerprint density at radius 1 is 1.21 bits per heavy atom. The van der Waals surface area contributed by atoms with Crippen LogP contribution >= 0.6 is 18.6 Å². The molecule has 100 valence electrons. The number of para-hydroxylation sites is 1. The molecule has 0 radical (unpaired) electrons. The minimum atomic E-state index is -2.61. The Balaban J connectivity index is 1.87. The fraction of sp³-hybridized carbons (Fsp3) is 0.357. The smallest absolute Gasteiger partial charge is 0.223 e. The molecule has 0 amide bonds. The van der Waals surface area contributed by atoms with Gasteiger partial charge in [-0.05, 0) is 37.8 Å². The number of anilines is 1. The molecule has 0 spiro atoms. The zero-order chi connectivity index (χ0) is 13.3. The van der Waals surface area contributed by atoms with E-state index in [0.717, 1.165) is 23.3 Å². The highest BCUT2D eigenvalue weighted by atomic mass is 32.1. The van der Waals surface area contributed by atoms with Gasteiger partial charge in [-0.1, -0.05) is 18.2 Å². The number of hydrogen-bond acceptors (Lipinski definition) is 3. The van der Waals surface area contributed by atoms with Gasteiger partial charge in [0, 0.05) is 17.2 Å². The zero-order valence-electron chi connectivity index (χ0n) is 10.9. The number of nitrogens with zero attached hydrogens (tertiary/aromatic N) is 1. The summed E-state index contributed by atoms with van der Waals surface area (Å²) in [6.45, 7) is 1.77. The summed E-state index contributed by atoms with van der Waals surface area (Å²) in [4.78, 5) is 5.94. The highest BCUT2D eigenvalue weighted by Gasteiger charge is 2.25. The van der Waals surface area contributed by atoms with Gasteiger partial charge in [0.1, 0.15) is 0 Å². The van der Waals surface area contributed by atoms with E-state index >= 15 is 0 Å². The van der Waals surface area contributed by atoms with Gasteiger partial charge >= 0.3 is 0 Å². The Bertz CT molecular complexity index is 600. The number of hydrogen-bond donors (Lipinski definition) is 1. The molecule has 2 aromatic rings. The number of rotatable bonds is 3. The summed E-state index contributed by atoms with van der Waals surface area (Å²) < 4.78 is 13.6. The highest BCUT2D eigenvalue weighted by molar-refractivity contribution is 7.77. The molecule has 1 aliphatic carbocycles. The molecule has 3 rings (SSSR count). The lowest BCUT2D eigenvalue weighted by atomic mass is 10.0. The molecule has 1 aliphatic rings. The topological polar surface area (TPSA) is 42.0 Å². The van der Waals surface area contributed by atoms with Crippen molar-refractivity contribution in [3.05, 3.63) is 40.9 Å². The Morgan fingerprint density at radius 2 is 1.95 bits per heavy atom. The van der Waals surface area contributed by atoms with Gasteiger partial charge in [0.05, 0.1) is 5.69 Å². The van der Waals surface area contributed by atoms with Crippen LogP contribution in [0.4, 0.5) is 5.69 Å². The molecule has 1 aromatic carbocycles. The molecule has 1 atom stereocenters. The van der Waals surface area contributed by atoms with Gasteiger partial charge in [0.2, 0.25) is 7.29 Å². The fourth-order valence-corrected chi connectivity index (χ4v) is 5.43. The van der Waals surface area contributed by atoms with E-state index in [0.29, 0.717) is 0 Å². The summed E-state index contributed by atoms with van der Waals surface area (Å²) in [7, 11) is -2.61. The largest absolute Gasteiger partial charge is 0.331 e. The second kappa shape index (κ2) is 5.10. The van der Waals surface area contributed by atoms with Crippen LogP contribution in [0.25, 0.3) is 0 Å². The van der Waals surface area contributed by atoms with E-state index in [2.05, 4.69) is 10.1 Å². The molecule has 19 heavy (non-hydrogen) atoms. The third-order valence-corrected chi connectivity index (χ3v) is 7.11. The maximum atomic E-state index is 12.8. The van der Waals surface area contributed by atoms with E-state index in [4.69, 9.17) is 0 Å². The van der Waals surface area contributed by atoms with Crippen molar-refractivity contribution in [2.45, 2.75) is 25.7 Å². The molecule has 0 saturated heterocycles. The van der Waals surface area contributed by atoms with Crippen LogP contribution in [-0.2, 0) is 17.4 Å². The summed E-state index contributed by atoms with van der Waals surface area (Å²) >= 11 is 1.62. The van der Waals surface area contributed by atoms with Crippen molar-refractivity contribution in [1.82, 2.24) is 4.98 Å². The molecule has 1 heterocycles. The van der Waals surface area contributed by atoms with E-state index in [1.165, 1.54) is 23.4 Å². The predicted octanol–water partition coefficient (Wildman–Crippen LogP) is 3.67. The van der Waals surface area contributed by atoms with Crippen LogP contribution in [-0.4, -0.2) is 11.6 Å². The Morgan fingerprint density at radius 3 is 2.68 bits per heavy atom. The second-order valence-corrected chi connectivity index (χ2v) is 8.86. The molecular formula is C14H17N2OPS. The van der Waals surface area contributed by atoms with Gasteiger partial charge in [0.25, 0.3) is 0 Å². The summed E-state index contributed by atoms with van der Waals surface area (Å²) in [6, 6.07) is 9.70. The van der Waals surface area contributed by atoms with E-state index in [1.807, 2.05) is 30.3 Å². The van der Waals surface area contributed by atoms with Gasteiger partial charge in [-0.3, -0.25) is 4.57 Å². The number of aromatic nitrogens is 1. The second-order valence-electron chi connectivity index (χ2n) is 4.98. The van der Waals surface area contributed by atoms with Gasteiger partial charge in [-0.15, -0.1) is 11.3 Å². The first-order valence-corrected chi connectivity index (χ1v) is 9.52. The molecule has 0 fully saturated rings. The van der Waals surface area contributed by atoms with E-state index < -0.39 is 7.29 Å². The number of benzene rings is 1. The molecule has 0 bridgehead atoms. The first kappa shape index (κ1) is 12.9. The predicted molar refractivity (Wildman–Crippen MR) is 82.0 cm³/mol. The summed E-state index contributed by atoms with van der Waals surface area (Å²) in [5.74, 6) is 0. The maximum Gasteiger partial charge on any atom is 0.223 e. The molecule has 0 aliphatic heterocycles. The number of fused-ring (bicyclic) bond motifs is 1. The number of thiazole rings is 1. The van der Waals surface area contributed by atoms with Crippen LogP contribution in [0.3, 0.4) is 0 Å². The van der Waals surface area contributed by atoms with Gasteiger partial charge < -0.3 is 5.09 Å². The molecule has 5 heteroatoms. The van der Waals surface area contributed by atoms with Crippen LogP contribution in [0.5, 0.6) is 0 Å². The van der Waals surface area contributed by atoms with Gasteiger partial charge in [0.15, 0.2) is 4.75 Å². The van der Waals surface area contributed by atoms with Crippen molar-refractivity contribution in [3.8, 4) is 0 Å². The van der Waals surface area contributed by atoms with Crippen LogP contribution in [0.15, 0.2) is 30.3 Å². The van der Waals surface area contributed by atoms with Crippen molar-refractivity contribution in [3.63, 3.8) is 0 Å². The summed E-state index contributed by atoms with van der Waals surface area (Å²) in [5.41, 5.74) is 2.06. The standard InChI is InChI=1S/C14H17N2OPS/c1-18(17,16-11-7-3-2-4-8-11)14-15-12-9-5-6-10-13(12)19-14/h2-4,7-8H,5-6,9-10H2,1H3,(H,16,17). The number of nitrogens with one attached hydrogen (secondary N) is 1. The van der Waals surface area contributed by atoms with E-state index in [9.17, 15) is 4.57 Å². The normalized spacial score (nSPS) is 17.5. The average molecular weight is 292 g/mol. The lowest BCUT2D eigenvalue weighted by Gasteiger charge is -2.13. The third kappa shape index (κ3) is 2.75. The summed E-state index contributed by atoms with van der Waals surface area (Å²) in [5, 5.41) is 3.15. The van der Waals surface area contributed by atoms with Crippen molar-refractivity contribution < 1.29 is 4.57 Å². The molecule has 1 aromatic heterocycles. The van der Waals surface area contributed by atoms with Crippen molar-refractivity contribution in [1.29, 1.82) is 0 Å². The number of aryl methyl sites for hydroxylation is 2. The molecule has 0 saturated carbocycles. The third-order valence-electron chi connectivity index (χ3n) is 3.32. The minimum absolute atomic E-state index is 0.767. The maximum absolute atomic E-state index is 12.8. The van der Waals surface area contributed by atoms with E-state index in [1.54, 1.807) is 18.0 Å². The fourth-order valence-electron chi connectivity index (χ4n) is 2.33. The van der Waals surface area contributed by atoms with Crippen LogP contribution in [0, 0.1) is 0 Å². The van der Waals surface area contributed by atoms with Crippen LogP contribution in [0.1, 0.15) is 23.4 Å². The Hall–Kier alpha value is -1.12. The lowest BCUT2D eigenvalue weighted by Crippen LogP contribution is -2.10. The minimum Gasteiger partial charge on any atom is -0.331 e. The first-order valence-electron chi connectivity index (χ1n) is 6.55. The molecule has 3 nitrogen and oxygen atoms in total. The average Bonchev–Trinajstić information content (AvgIpc) is 2.84. The first-order chi connectivity index (χ1) is 9.15. The van der Waals surface area contributed by atoms with Crippen molar-refractivity contribution in [2.24, 2.45) is 0 Å². The van der Waals surface area contributed by atoms with Gasteiger partial charge in [-0.25, -0.2) is 4.98 Å². The summed E-state index contributed by atoms with van der Waals surface area (Å²) in [6.07, 6.45) is 4.57. The SMILES string of the molecule is CP(=O)(Nc1ccccc1)c1nc2c(s1)CCCC2. The lowest BCUT2D eigenvalue weighted by molar-refractivity contribution is 0.587. The quantitative estimate of drug-likeness (QED) is 0.878. The Labute approximate surface area is 117 Å². The highest BCUT2D eigenvalue weighted by Crippen LogP contribution is 2.42. The monoisotopic (exact) mass is 292 g/mol. The Kier molecular flexibility index (Phi) is 3.46. The van der Waals surface area contributed by atoms with E-state index in [-0.39, 0.29) is 0 Å². The van der Waals surface area contributed by atoms with Crippen molar-refractivity contribution >= 4 is 29.1 Å². The van der Waals surface area contributed by atoms with Gasteiger partial charge in [-0.2, -0.15) is 0 Å². The zero-order valence-corrected chi connectivity index (χ0v) is 12.6. The van der Waals surface area contributed by atoms with Crippen molar-refractivity contribution in [2.75, 3.05) is 11.8 Å². The molecular weight excluding hydrogens is 275 g/mol. The van der Waals surface area contributed by atoms with Crippen LogP contribution in [0.2, 0.25) is 0 Å². The van der Waals surface area contributed by atoms with Crippen LogP contribution < -0.4 is 9.84 Å². The molecule has 1 unspecified atom stereocenters. The molecule has 1 N–H and O–H groups in total.